The van der Waals surface area contributed by atoms with E-state index < -0.39 is 8.07 Å². The summed E-state index contributed by atoms with van der Waals surface area (Å²) in [6.07, 6.45) is 0. The average Bonchev–Trinajstić information content (AvgIpc) is 2.32. The lowest BCUT2D eigenvalue weighted by Gasteiger charge is -2.13. The molecule has 0 saturated heterocycles. The van der Waals surface area contributed by atoms with Crippen molar-refractivity contribution in [1.29, 1.82) is 0 Å². The molecule has 0 amide bonds. The van der Waals surface area contributed by atoms with Crippen LogP contribution in [0.5, 0.6) is 5.06 Å². The van der Waals surface area contributed by atoms with Crippen molar-refractivity contribution >= 4 is 19.4 Å². The molecule has 0 N–H and O–H groups in total. The smallest absolute Gasteiger partial charge is 0.173 e. The van der Waals surface area contributed by atoms with Gasteiger partial charge in [-0.25, -0.2) is 0 Å². The molecule has 1 aromatic rings. The van der Waals surface area contributed by atoms with Gasteiger partial charge >= 0.3 is 0 Å². The molecule has 68 valence electrons. The first kappa shape index (κ1) is 9.80. The zero-order valence-corrected chi connectivity index (χ0v) is 9.99. The fourth-order valence-electron chi connectivity index (χ4n) is 1.09. The lowest BCUT2D eigenvalue weighted by molar-refractivity contribution is 0.427. The zero-order valence-electron chi connectivity index (χ0n) is 8.18. The SMILES string of the molecule is COc1ccc(C[Si](C)(C)C)s1. The van der Waals surface area contributed by atoms with Crippen molar-refractivity contribution in [2.24, 2.45) is 0 Å². The number of methoxy groups -OCH3 is 1. The Kier molecular flexibility index (Phi) is 2.96. The molecule has 0 radical (unpaired) electrons. The molecular weight excluding hydrogens is 184 g/mol. The molecule has 0 unspecified atom stereocenters. The van der Waals surface area contributed by atoms with Crippen LogP contribution in [-0.2, 0) is 6.04 Å². The van der Waals surface area contributed by atoms with Gasteiger partial charge < -0.3 is 4.74 Å². The molecule has 1 rings (SSSR count). The van der Waals surface area contributed by atoms with Crippen molar-refractivity contribution in [3.8, 4) is 5.06 Å². The van der Waals surface area contributed by atoms with Crippen LogP contribution in [0, 0.1) is 0 Å². The highest BCUT2D eigenvalue weighted by Gasteiger charge is 2.15. The third-order valence-electron chi connectivity index (χ3n) is 1.54. The highest BCUT2D eigenvalue weighted by molar-refractivity contribution is 7.14. The first-order chi connectivity index (χ1) is 5.51. The largest absolute Gasteiger partial charge is 0.487 e. The standard InChI is InChI=1S/C9H16OSSi/c1-10-9-6-5-8(11-9)7-12(2,3)4/h5-6H,7H2,1-4H3. The van der Waals surface area contributed by atoms with Gasteiger partial charge in [0, 0.05) is 13.0 Å². The van der Waals surface area contributed by atoms with E-state index in [9.17, 15) is 0 Å². The van der Waals surface area contributed by atoms with Gasteiger partial charge in [0.25, 0.3) is 0 Å². The van der Waals surface area contributed by atoms with E-state index >= 15 is 0 Å². The van der Waals surface area contributed by atoms with Gasteiger partial charge in [0.2, 0.25) is 0 Å². The van der Waals surface area contributed by atoms with Gasteiger partial charge in [-0.2, -0.15) is 0 Å². The molecule has 1 nitrogen and oxygen atoms in total. The van der Waals surface area contributed by atoms with Gasteiger partial charge in [0.15, 0.2) is 5.06 Å². The maximum Gasteiger partial charge on any atom is 0.173 e. The lowest BCUT2D eigenvalue weighted by Crippen LogP contribution is -2.23. The second-order valence-electron chi connectivity index (χ2n) is 4.16. The van der Waals surface area contributed by atoms with Crippen LogP contribution in [0.2, 0.25) is 19.6 Å². The average molecular weight is 200 g/mol. The van der Waals surface area contributed by atoms with Gasteiger partial charge in [0.05, 0.1) is 7.11 Å². The molecule has 0 bridgehead atoms. The molecule has 12 heavy (non-hydrogen) atoms. The van der Waals surface area contributed by atoms with E-state index in [0.717, 1.165) is 5.06 Å². The minimum atomic E-state index is -0.943. The Morgan fingerprint density at radius 2 is 2.00 bits per heavy atom. The minimum absolute atomic E-state index is 0.943. The lowest BCUT2D eigenvalue weighted by atomic mass is 10.5. The summed E-state index contributed by atoms with van der Waals surface area (Å²) < 4.78 is 5.14. The molecule has 0 aliphatic carbocycles. The number of hydrogen-bond acceptors (Lipinski definition) is 2. The third kappa shape index (κ3) is 2.99. The first-order valence-electron chi connectivity index (χ1n) is 4.14. The maximum absolute atomic E-state index is 5.14. The molecule has 0 atom stereocenters. The molecular formula is C9H16OSSi. The van der Waals surface area contributed by atoms with Crippen LogP contribution in [0.1, 0.15) is 4.88 Å². The Balaban J connectivity index is 2.64. The second kappa shape index (κ2) is 3.62. The molecule has 0 aliphatic heterocycles. The van der Waals surface area contributed by atoms with E-state index in [0.29, 0.717) is 0 Å². The normalized spacial score (nSPS) is 11.7. The molecule has 0 aliphatic rings. The number of rotatable bonds is 3. The van der Waals surface area contributed by atoms with Gasteiger partial charge in [-0.1, -0.05) is 19.6 Å². The topological polar surface area (TPSA) is 9.23 Å². The molecule has 1 aromatic heterocycles. The Bertz CT molecular complexity index is 249. The van der Waals surface area contributed by atoms with Crippen LogP contribution < -0.4 is 4.74 Å². The predicted molar refractivity (Wildman–Crippen MR) is 57.9 cm³/mol. The second-order valence-corrected chi connectivity index (χ2v) is 10.8. The molecule has 0 aromatic carbocycles. The summed E-state index contributed by atoms with van der Waals surface area (Å²) in [4.78, 5) is 1.46. The number of thiophene rings is 1. The van der Waals surface area contributed by atoms with Gasteiger partial charge in [0.1, 0.15) is 0 Å². The van der Waals surface area contributed by atoms with Crippen LogP contribution >= 0.6 is 11.3 Å². The summed E-state index contributed by atoms with van der Waals surface area (Å²) in [5, 5.41) is 1.03. The summed E-state index contributed by atoms with van der Waals surface area (Å²) in [6.45, 7) is 7.16. The van der Waals surface area contributed by atoms with Crippen molar-refractivity contribution in [2.45, 2.75) is 25.7 Å². The molecule has 1 heterocycles. The van der Waals surface area contributed by atoms with E-state index in [-0.39, 0.29) is 0 Å². The van der Waals surface area contributed by atoms with E-state index in [1.807, 2.05) is 0 Å². The van der Waals surface area contributed by atoms with Crippen LogP contribution in [0.4, 0.5) is 0 Å². The van der Waals surface area contributed by atoms with Crippen molar-refractivity contribution < 1.29 is 4.74 Å². The quantitative estimate of drug-likeness (QED) is 0.681. The minimum Gasteiger partial charge on any atom is -0.487 e. The van der Waals surface area contributed by atoms with Crippen LogP contribution in [0.3, 0.4) is 0 Å². The van der Waals surface area contributed by atoms with E-state index in [1.54, 1.807) is 18.4 Å². The predicted octanol–water partition coefficient (Wildman–Crippen LogP) is 3.18. The number of ether oxygens (including phenoxy) is 1. The monoisotopic (exact) mass is 200 g/mol. The molecule has 0 spiro atoms. The van der Waals surface area contributed by atoms with Gasteiger partial charge in [-0.15, -0.1) is 11.3 Å². The van der Waals surface area contributed by atoms with Crippen LogP contribution in [0.25, 0.3) is 0 Å². The van der Waals surface area contributed by atoms with E-state index in [1.165, 1.54) is 10.9 Å². The Morgan fingerprint density at radius 3 is 2.42 bits per heavy atom. The third-order valence-corrected chi connectivity index (χ3v) is 4.29. The fraction of sp³-hybridized carbons (Fsp3) is 0.556. The summed E-state index contributed by atoms with van der Waals surface area (Å²) in [7, 11) is 0.784. The Hall–Kier alpha value is -0.283. The van der Waals surface area contributed by atoms with Crippen LogP contribution in [0.15, 0.2) is 12.1 Å². The molecule has 3 heteroatoms. The van der Waals surface area contributed by atoms with Gasteiger partial charge in [-0.3, -0.25) is 0 Å². The van der Waals surface area contributed by atoms with Crippen molar-refractivity contribution in [2.75, 3.05) is 7.11 Å². The Labute approximate surface area is 79.4 Å². The summed E-state index contributed by atoms with van der Waals surface area (Å²) in [5.74, 6) is 0. The highest BCUT2D eigenvalue weighted by atomic mass is 32.1. The van der Waals surface area contributed by atoms with Gasteiger partial charge in [-0.05, 0) is 18.2 Å². The Morgan fingerprint density at radius 1 is 1.33 bits per heavy atom. The van der Waals surface area contributed by atoms with Crippen molar-refractivity contribution in [3.05, 3.63) is 17.0 Å². The van der Waals surface area contributed by atoms with Crippen molar-refractivity contribution in [1.82, 2.24) is 0 Å². The highest BCUT2D eigenvalue weighted by Crippen LogP contribution is 2.26. The molecule has 0 fully saturated rings. The maximum atomic E-state index is 5.14. The molecule has 0 saturated carbocycles. The zero-order chi connectivity index (χ0) is 9.19. The first-order valence-corrected chi connectivity index (χ1v) is 8.66. The van der Waals surface area contributed by atoms with Crippen LogP contribution in [-0.4, -0.2) is 15.2 Å². The fourth-order valence-corrected chi connectivity index (χ4v) is 4.45. The van der Waals surface area contributed by atoms with Crippen molar-refractivity contribution in [3.63, 3.8) is 0 Å². The summed E-state index contributed by atoms with van der Waals surface area (Å²) in [6, 6.07) is 5.50. The van der Waals surface area contributed by atoms with E-state index in [4.69, 9.17) is 4.74 Å². The number of hydrogen-bond donors (Lipinski definition) is 0. The summed E-state index contributed by atoms with van der Waals surface area (Å²) in [5.41, 5.74) is 0. The summed E-state index contributed by atoms with van der Waals surface area (Å²) >= 11 is 1.77. The van der Waals surface area contributed by atoms with E-state index in [2.05, 4.69) is 31.8 Å².